The van der Waals surface area contributed by atoms with Crippen LogP contribution in [0.15, 0.2) is 48.5 Å². The van der Waals surface area contributed by atoms with E-state index in [0.29, 0.717) is 79.5 Å². The van der Waals surface area contributed by atoms with Gasteiger partial charge in [-0.25, -0.2) is 0 Å². The molecule has 0 aromatic heterocycles. The highest BCUT2D eigenvalue weighted by atomic mass is 16.6. The standard InChI is InChI=1S/C27H36N2O7.C23H27NO6/c1-17(30)28-23-8-5-18-13-24(32-2)26(33-3)27(34-4)25(18)21-7-6-20(14-22(21)23)36-16-19(31)15-29-9-11-35-12-10-29;1-13(25)24-19-8-5-14-9-20(26-2)22(27-3)23(28-4)21(14)17-7-6-15(10-18(17)19)29-11-16-12-30-16/h6-7,13-14,19,23,31H,5,8-12,15-16H2,1-4H3,(H,28,30);6-7,9-10,16,19H,5,8,11-12H2,1-4H3,(H,24,25)/t19?,23-;16?,19-/m00/s1. The van der Waals surface area contributed by atoms with Crippen molar-refractivity contribution < 1.29 is 62.1 Å². The first-order valence-corrected chi connectivity index (χ1v) is 22.3. The second kappa shape index (κ2) is 22.0. The maximum Gasteiger partial charge on any atom is 0.217 e. The lowest BCUT2D eigenvalue weighted by Crippen LogP contribution is -2.42. The van der Waals surface area contributed by atoms with Crippen LogP contribution < -0.4 is 48.5 Å². The van der Waals surface area contributed by atoms with E-state index in [9.17, 15) is 14.7 Å². The minimum atomic E-state index is -0.620. The largest absolute Gasteiger partial charge is 0.493 e. The van der Waals surface area contributed by atoms with Crippen molar-refractivity contribution in [3.8, 4) is 68.2 Å². The average molecular weight is 914 g/mol. The van der Waals surface area contributed by atoms with E-state index >= 15 is 0 Å². The van der Waals surface area contributed by atoms with E-state index < -0.39 is 6.10 Å². The van der Waals surface area contributed by atoms with Crippen LogP contribution in [0.4, 0.5) is 0 Å². The Balaban J connectivity index is 0.000000199. The highest BCUT2D eigenvalue weighted by molar-refractivity contribution is 5.85. The van der Waals surface area contributed by atoms with Gasteiger partial charge in [0.15, 0.2) is 23.0 Å². The van der Waals surface area contributed by atoms with E-state index in [2.05, 4.69) is 15.5 Å². The first-order valence-electron chi connectivity index (χ1n) is 22.3. The Labute approximate surface area is 386 Å². The second-order valence-electron chi connectivity index (χ2n) is 16.6. The molecule has 0 radical (unpaired) electrons. The summed E-state index contributed by atoms with van der Waals surface area (Å²) in [5, 5.41) is 16.7. The lowest BCUT2D eigenvalue weighted by atomic mass is 9.93. The zero-order chi connectivity index (χ0) is 46.9. The van der Waals surface area contributed by atoms with Gasteiger partial charge in [-0.3, -0.25) is 14.5 Å². The number of fused-ring (bicyclic) bond motifs is 6. The summed E-state index contributed by atoms with van der Waals surface area (Å²) in [4.78, 5) is 26.2. The van der Waals surface area contributed by atoms with Gasteiger partial charge in [0, 0.05) is 44.6 Å². The van der Waals surface area contributed by atoms with Gasteiger partial charge >= 0.3 is 0 Å². The Morgan fingerprint density at radius 2 is 1.15 bits per heavy atom. The van der Waals surface area contributed by atoms with Crippen LogP contribution in [-0.4, -0.2) is 129 Å². The summed E-state index contributed by atoms with van der Waals surface area (Å²) in [6.07, 6.45) is 2.45. The normalized spacial score (nSPS) is 18.7. The van der Waals surface area contributed by atoms with Crippen LogP contribution >= 0.6 is 0 Å². The molecule has 2 aliphatic carbocycles. The topological polar surface area (TPSA) is 177 Å². The Hall–Kier alpha value is -5.94. The number of aryl methyl sites for hydroxylation is 2. The Morgan fingerprint density at radius 1 is 0.682 bits per heavy atom. The molecule has 2 heterocycles. The number of aliphatic hydroxyl groups excluding tert-OH is 1. The monoisotopic (exact) mass is 913 g/mol. The number of benzene rings is 4. The molecule has 0 bridgehead atoms. The number of epoxide rings is 1. The minimum Gasteiger partial charge on any atom is -0.493 e. The van der Waals surface area contributed by atoms with Gasteiger partial charge < -0.3 is 63.1 Å². The molecule has 8 rings (SSSR count). The number of β-amino-alcohol motifs (C(OH)–C–C–N with tert-alkyl or cyclic N) is 1. The summed E-state index contributed by atoms with van der Waals surface area (Å²) in [5.74, 6) is 4.71. The van der Waals surface area contributed by atoms with Crippen LogP contribution in [0.1, 0.15) is 61.0 Å². The van der Waals surface area contributed by atoms with Gasteiger partial charge in [0.05, 0.1) is 74.6 Å². The highest BCUT2D eigenvalue weighted by Crippen LogP contribution is 2.52. The maximum atomic E-state index is 12.1. The molecule has 0 saturated carbocycles. The van der Waals surface area contributed by atoms with E-state index in [4.69, 9.17) is 47.4 Å². The molecule has 2 unspecified atom stereocenters. The predicted molar refractivity (Wildman–Crippen MR) is 247 cm³/mol. The van der Waals surface area contributed by atoms with E-state index in [0.717, 1.165) is 82.8 Å². The molecule has 16 heteroatoms. The van der Waals surface area contributed by atoms with E-state index in [1.165, 1.54) is 13.8 Å². The summed E-state index contributed by atoms with van der Waals surface area (Å²) in [7, 11) is 9.64. The van der Waals surface area contributed by atoms with Gasteiger partial charge in [-0.05, 0) is 95.5 Å². The van der Waals surface area contributed by atoms with Gasteiger partial charge in [-0.2, -0.15) is 0 Å². The molecular formula is C50H63N3O13. The van der Waals surface area contributed by atoms with E-state index in [1.807, 2.05) is 48.5 Å². The fourth-order valence-corrected chi connectivity index (χ4v) is 9.07. The lowest BCUT2D eigenvalue weighted by molar-refractivity contribution is -0.120. The number of nitrogens with zero attached hydrogens (tertiary/aromatic N) is 1. The average Bonchev–Trinajstić information content (AvgIpc) is 4.19. The van der Waals surface area contributed by atoms with Crippen molar-refractivity contribution in [3.63, 3.8) is 0 Å². The number of methoxy groups -OCH3 is 6. The summed E-state index contributed by atoms with van der Waals surface area (Å²) in [6.45, 7) is 8.02. The number of rotatable bonds is 16. The summed E-state index contributed by atoms with van der Waals surface area (Å²) < 4.78 is 56.5. The van der Waals surface area contributed by atoms with Crippen molar-refractivity contribution in [2.24, 2.45) is 0 Å². The molecule has 0 spiro atoms. The Morgan fingerprint density at radius 3 is 1.58 bits per heavy atom. The minimum absolute atomic E-state index is 0.0725. The third-order valence-corrected chi connectivity index (χ3v) is 12.2. The number of ether oxygens (including phenoxy) is 10. The molecule has 2 saturated heterocycles. The molecule has 16 nitrogen and oxygen atoms in total. The number of carbonyl (C=O) groups is 2. The van der Waals surface area contributed by atoms with Crippen molar-refractivity contribution in [1.82, 2.24) is 15.5 Å². The van der Waals surface area contributed by atoms with Gasteiger partial charge in [-0.15, -0.1) is 0 Å². The number of aliphatic hydroxyl groups is 1. The van der Waals surface area contributed by atoms with Gasteiger partial charge in [0.1, 0.15) is 36.9 Å². The van der Waals surface area contributed by atoms with Crippen LogP contribution in [0.2, 0.25) is 0 Å². The highest BCUT2D eigenvalue weighted by Gasteiger charge is 2.32. The zero-order valence-electron chi connectivity index (χ0n) is 39.2. The molecule has 356 valence electrons. The summed E-state index contributed by atoms with van der Waals surface area (Å²) in [5.41, 5.74) is 7.83. The molecular weight excluding hydrogens is 851 g/mol. The number of hydrogen-bond donors (Lipinski definition) is 3. The summed E-state index contributed by atoms with van der Waals surface area (Å²) >= 11 is 0. The number of carbonyl (C=O) groups excluding carboxylic acids is 2. The van der Waals surface area contributed by atoms with Gasteiger partial charge in [0.2, 0.25) is 23.3 Å². The first kappa shape index (κ1) is 48.0. The van der Waals surface area contributed by atoms with E-state index in [-0.39, 0.29) is 36.6 Å². The quantitative estimate of drug-likeness (QED) is 0.114. The van der Waals surface area contributed by atoms with Crippen molar-refractivity contribution in [2.45, 2.75) is 63.8 Å². The third-order valence-electron chi connectivity index (χ3n) is 12.2. The van der Waals surface area contributed by atoms with Crippen molar-refractivity contribution in [1.29, 1.82) is 0 Å². The fraction of sp³-hybridized carbons (Fsp3) is 0.480. The van der Waals surface area contributed by atoms with E-state index in [1.54, 1.807) is 42.7 Å². The van der Waals surface area contributed by atoms with Crippen LogP contribution in [-0.2, 0) is 31.9 Å². The van der Waals surface area contributed by atoms with Crippen LogP contribution in [0.3, 0.4) is 0 Å². The maximum absolute atomic E-state index is 12.1. The Kier molecular flexibility index (Phi) is 16.0. The molecule has 4 aliphatic rings. The van der Waals surface area contributed by atoms with Crippen molar-refractivity contribution in [2.75, 3.05) is 95.3 Å². The number of morpholine rings is 1. The van der Waals surface area contributed by atoms with Gasteiger partial charge in [-0.1, -0.05) is 12.1 Å². The van der Waals surface area contributed by atoms with Crippen LogP contribution in [0, 0.1) is 0 Å². The number of nitrogens with one attached hydrogen (secondary N) is 2. The second-order valence-corrected chi connectivity index (χ2v) is 16.6. The smallest absolute Gasteiger partial charge is 0.217 e. The Bertz CT molecular complexity index is 2350. The molecule has 2 amide bonds. The number of hydrogen-bond acceptors (Lipinski definition) is 14. The van der Waals surface area contributed by atoms with Crippen molar-refractivity contribution in [3.05, 3.63) is 70.8 Å². The van der Waals surface area contributed by atoms with Gasteiger partial charge in [0.25, 0.3) is 0 Å². The molecule has 4 aromatic rings. The first-order chi connectivity index (χ1) is 32.0. The molecule has 66 heavy (non-hydrogen) atoms. The number of amides is 2. The fourth-order valence-electron chi connectivity index (χ4n) is 9.07. The zero-order valence-corrected chi connectivity index (χ0v) is 39.2. The molecule has 4 atom stereocenters. The predicted octanol–water partition coefficient (Wildman–Crippen LogP) is 5.86. The van der Waals surface area contributed by atoms with Crippen LogP contribution in [0.5, 0.6) is 46.0 Å². The lowest BCUT2D eigenvalue weighted by Gasteiger charge is -2.28. The van der Waals surface area contributed by atoms with Crippen molar-refractivity contribution >= 4 is 11.8 Å². The summed E-state index contributed by atoms with van der Waals surface area (Å²) in [6, 6.07) is 15.4. The van der Waals surface area contributed by atoms with Crippen LogP contribution in [0.25, 0.3) is 22.3 Å². The molecule has 2 fully saturated rings. The molecule has 4 aromatic carbocycles. The third kappa shape index (κ3) is 11.0. The molecule has 3 N–H and O–H groups in total. The molecule has 2 aliphatic heterocycles. The SMILES string of the molecule is COc1cc2c(c(OC)c1OC)-c1ccc(OCC(O)CN3CCOCC3)cc1[C@@H](NC(C)=O)CC2.COc1cc2c(c(OC)c1OC)-c1ccc(OCC3CO3)cc1[C@@H](NC(C)=O)CC2.